The molecule has 144 valence electrons. The van der Waals surface area contributed by atoms with E-state index >= 15 is 0 Å². The summed E-state index contributed by atoms with van der Waals surface area (Å²) in [4.78, 5) is 0. The molecule has 0 amide bonds. The number of aromatic nitrogens is 2. The van der Waals surface area contributed by atoms with E-state index in [2.05, 4.69) is 39.0 Å². The van der Waals surface area contributed by atoms with Crippen molar-refractivity contribution >= 4 is 14.1 Å². The van der Waals surface area contributed by atoms with E-state index in [1.165, 1.54) is 4.68 Å². The van der Waals surface area contributed by atoms with E-state index in [4.69, 9.17) is 10.2 Å². The summed E-state index contributed by atoms with van der Waals surface area (Å²) in [5.74, 6) is 0.370. The zero-order valence-corrected chi connectivity index (χ0v) is 16.8. The first-order valence-electron chi connectivity index (χ1n) is 8.88. The fourth-order valence-electron chi connectivity index (χ4n) is 2.99. The van der Waals surface area contributed by atoms with E-state index in [9.17, 15) is 13.2 Å². The van der Waals surface area contributed by atoms with Crippen LogP contribution in [-0.4, -0.2) is 24.2 Å². The van der Waals surface area contributed by atoms with E-state index in [0.717, 1.165) is 31.7 Å². The smallest absolute Gasteiger partial charge is 0.414 e. The van der Waals surface area contributed by atoms with Crippen molar-refractivity contribution in [2.45, 2.75) is 83.4 Å². The normalized spacial score (nSPS) is 23.0. The molecule has 0 aliphatic heterocycles. The molecule has 1 fully saturated rings. The van der Waals surface area contributed by atoms with Gasteiger partial charge in [0.1, 0.15) is 5.82 Å². The Morgan fingerprint density at radius 1 is 1.20 bits per heavy atom. The quantitative estimate of drug-likeness (QED) is 0.746. The van der Waals surface area contributed by atoms with Crippen LogP contribution in [0, 0.1) is 5.92 Å². The average molecular weight is 378 g/mol. The van der Waals surface area contributed by atoms with Gasteiger partial charge in [-0.3, -0.25) is 0 Å². The zero-order valence-electron chi connectivity index (χ0n) is 15.8. The maximum atomic E-state index is 12.7. The highest BCUT2D eigenvalue weighted by Gasteiger charge is 2.40. The molecule has 0 spiro atoms. The van der Waals surface area contributed by atoms with Crippen LogP contribution in [0.5, 0.6) is 0 Å². The van der Waals surface area contributed by atoms with Crippen LogP contribution in [-0.2, 0) is 17.1 Å². The maximum absolute atomic E-state index is 12.7. The monoisotopic (exact) mass is 377 g/mol. The van der Waals surface area contributed by atoms with Crippen LogP contribution in [0.25, 0.3) is 0 Å². The lowest BCUT2D eigenvalue weighted by atomic mass is 9.87. The highest BCUT2D eigenvalue weighted by atomic mass is 28.4. The highest BCUT2D eigenvalue weighted by molar-refractivity contribution is 6.74. The van der Waals surface area contributed by atoms with Crippen molar-refractivity contribution in [3.8, 4) is 0 Å². The van der Waals surface area contributed by atoms with E-state index in [0.29, 0.717) is 12.5 Å². The Bertz CT molecular complexity index is 585. The van der Waals surface area contributed by atoms with Gasteiger partial charge in [-0.05, 0) is 49.7 Å². The number of alkyl halides is 3. The summed E-state index contributed by atoms with van der Waals surface area (Å²) in [7, 11) is -1.78. The average Bonchev–Trinajstić information content (AvgIpc) is 2.81. The van der Waals surface area contributed by atoms with Gasteiger partial charge in [-0.15, -0.1) is 0 Å². The fourth-order valence-corrected chi connectivity index (χ4v) is 4.41. The van der Waals surface area contributed by atoms with E-state index in [1.807, 2.05) is 0 Å². The first kappa shape index (κ1) is 20.3. The van der Waals surface area contributed by atoms with Crippen LogP contribution in [0.2, 0.25) is 18.1 Å². The minimum Gasteiger partial charge on any atom is -0.414 e. The molecular formula is C17H30F3N3OSi. The Hall–Kier alpha value is -1.02. The molecule has 4 nitrogen and oxygen atoms in total. The third kappa shape index (κ3) is 5.00. The molecule has 1 aromatic rings. The van der Waals surface area contributed by atoms with Crippen molar-refractivity contribution in [1.82, 2.24) is 9.78 Å². The molecule has 1 aliphatic rings. The summed E-state index contributed by atoms with van der Waals surface area (Å²) < 4.78 is 45.9. The summed E-state index contributed by atoms with van der Waals surface area (Å²) in [5.41, 5.74) is 4.78. The minimum absolute atomic E-state index is 0.0759. The predicted octanol–water partition coefficient (Wildman–Crippen LogP) is 5.06. The predicted molar refractivity (Wildman–Crippen MR) is 95.7 cm³/mol. The lowest BCUT2D eigenvalue weighted by Crippen LogP contribution is -2.44. The van der Waals surface area contributed by atoms with Gasteiger partial charge in [-0.1, -0.05) is 20.8 Å². The minimum atomic E-state index is -4.45. The number of anilines is 1. The van der Waals surface area contributed by atoms with Crippen LogP contribution in [0.15, 0.2) is 6.07 Å². The largest absolute Gasteiger partial charge is 0.435 e. The molecule has 25 heavy (non-hydrogen) atoms. The van der Waals surface area contributed by atoms with Gasteiger partial charge < -0.3 is 10.2 Å². The number of hydrogen-bond acceptors (Lipinski definition) is 3. The second kappa shape index (κ2) is 6.94. The lowest BCUT2D eigenvalue weighted by molar-refractivity contribution is -0.141. The molecule has 1 aliphatic carbocycles. The van der Waals surface area contributed by atoms with E-state index in [-0.39, 0.29) is 17.0 Å². The first-order chi connectivity index (χ1) is 11.3. The van der Waals surface area contributed by atoms with Crippen LogP contribution in [0.4, 0.5) is 19.0 Å². The van der Waals surface area contributed by atoms with Gasteiger partial charge in [-0.25, -0.2) is 4.68 Å². The van der Waals surface area contributed by atoms with Crippen LogP contribution < -0.4 is 5.73 Å². The summed E-state index contributed by atoms with van der Waals surface area (Å²) in [6, 6.07) is 0.909. The van der Waals surface area contributed by atoms with Gasteiger partial charge in [-0.2, -0.15) is 18.3 Å². The Morgan fingerprint density at radius 3 is 2.20 bits per heavy atom. The Labute approximate surface area is 149 Å². The SMILES string of the molecule is CC(C)(C)[Si](C)(C)O[C@H]1CC[C@H](Cn2nc(C(F)(F)F)cc2N)CC1. The van der Waals surface area contributed by atoms with Gasteiger partial charge in [0.25, 0.3) is 0 Å². The van der Waals surface area contributed by atoms with E-state index in [1.54, 1.807) is 0 Å². The summed E-state index contributed by atoms with van der Waals surface area (Å²) in [6.07, 6.45) is -0.430. The number of nitrogens with two attached hydrogens (primary N) is 1. The molecule has 2 N–H and O–H groups in total. The second-order valence-electron chi connectivity index (χ2n) is 8.66. The van der Waals surface area contributed by atoms with Crippen LogP contribution in [0.1, 0.15) is 52.1 Å². The second-order valence-corrected chi connectivity index (χ2v) is 13.4. The van der Waals surface area contributed by atoms with E-state index < -0.39 is 20.2 Å². The molecule has 0 saturated heterocycles. The molecule has 1 heterocycles. The molecule has 1 aromatic heterocycles. The standard InChI is InChI=1S/C17H30F3N3OSi/c1-16(2,3)25(4,5)24-13-8-6-12(7-9-13)11-23-15(21)10-14(22-23)17(18,19)20/h10,12-13H,6-9,11,21H2,1-5H3/t12-,13-. The third-order valence-electron chi connectivity index (χ3n) is 5.59. The molecule has 0 atom stereocenters. The van der Waals surface area contributed by atoms with Gasteiger partial charge in [0.15, 0.2) is 14.0 Å². The van der Waals surface area contributed by atoms with Gasteiger partial charge >= 0.3 is 6.18 Å². The number of nitrogen functional groups attached to an aromatic ring is 1. The molecule has 8 heteroatoms. The maximum Gasteiger partial charge on any atom is 0.435 e. The summed E-state index contributed by atoms with van der Waals surface area (Å²) >= 11 is 0. The molecule has 1 saturated carbocycles. The lowest BCUT2D eigenvalue weighted by Gasteiger charge is -2.41. The number of halogens is 3. The fraction of sp³-hybridized carbons (Fsp3) is 0.824. The van der Waals surface area contributed by atoms with Crippen LogP contribution in [0.3, 0.4) is 0 Å². The molecule has 2 rings (SSSR count). The summed E-state index contributed by atoms with van der Waals surface area (Å²) in [5, 5.41) is 3.81. The Balaban J connectivity index is 1.90. The van der Waals surface area contributed by atoms with Crippen molar-refractivity contribution < 1.29 is 17.6 Å². The number of rotatable bonds is 4. The zero-order chi connectivity index (χ0) is 19.0. The van der Waals surface area contributed by atoms with Gasteiger partial charge in [0, 0.05) is 18.7 Å². The van der Waals surface area contributed by atoms with Crippen molar-refractivity contribution in [2.24, 2.45) is 5.92 Å². The number of hydrogen-bond donors (Lipinski definition) is 1. The van der Waals surface area contributed by atoms with Crippen molar-refractivity contribution in [1.29, 1.82) is 0 Å². The Kier molecular flexibility index (Phi) is 5.64. The summed E-state index contributed by atoms with van der Waals surface area (Å²) in [6.45, 7) is 11.6. The Morgan fingerprint density at radius 2 is 1.76 bits per heavy atom. The van der Waals surface area contributed by atoms with Gasteiger partial charge in [0.05, 0.1) is 0 Å². The van der Waals surface area contributed by atoms with Crippen molar-refractivity contribution in [3.05, 3.63) is 11.8 Å². The van der Waals surface area contributed by atoms with Crippen molar-refractivity contribution in [2.75, 3.05) is 5.73 Å². The first-order valence-corrected chi connectivity index (χ1v) is 11.8. The number of nitrogens with zero attached hydrogens (tertiary/aromatic N) is 2. The molecule has 0 aromatic carbocycles. The topological polar surface area (TPSA) is 53.1 Å². The molecule has 0 radical (unpaired) electrons. The highest BCUT2D eigenvalue weighted by Crippen LogP contribution is 2.40. The van der Waals surface area contributed by atoms with Crippen molar-refractivity contribution in [3.63, 3.8) is 0 Å². The third-order valence-corrected chi connectivity index (χ3v) is 10.1. The molecule has 0 bridgehead atoms. The van der Waals surface area contributed by atoms with Gasteiger partial charge in [0.2, 0.25) is 0 Å². The molecular weight excluding hydrogens is 347 g/mol. The molecule has 0 unspecified atom stereocenters. The van der Waals surface area contributed by atoms with Crippen LogP contribution >= 0.6 is 0 Å².